The van der Waals surface area contributed by atoms with Gasteiger partial charge in [0.05, 0.1) is 23.8 Å². The zero-order valence-electron chi connectivity index (χ0n) is 19.0. The molecule has 4 rings (SSSR count). The number of fused-ring (bicyclic) bond motifs is 1. The van der Waals surface area contributed by atoms with Crippen molar-refractivity contribution in [3.05, 3.63) is 80.7 Å². The lowest BCUT2D eigenvalue weighted by Gasteiger charge is -2.29. The van der Waals surface area contributed by atoms with Gasteiger partial charge in [-0.1, -0.05) is 23.7 Å². The molecule has 0 saturated heterocycles. The zero-order valence-corrected chi connectivity index (χ0v) is 19.7. The third-order valence-corrected chi connectivity index (χ3v) is 5.94. The molecular weight excluding hydrogens is 458 g/mol. The van der Waals surface area contributed by atoms with Crippen LogP contribution in [0.3, 0.4) is 0 Å². The van der Waals surface area contributed by atoms with E-state index in [1.807, 2.05) is 19.1 Å². The number of ether oxygens (including phenoxy) is 1. The number of hydrogen-bond acceptors (Lipinski definition) is 7. The number of anilines is 2. The largest absolute Gasteiger partial charge is 0.484 e. The maximum absolute atomic E-state index is 13.2. The topological polar surface area (TPSA) is 112 Å². The minimum Gasteiger partial charge on any atom is -0.484 e. The monoisotopic (exact) mass is 483 g/mol. The van der Waals surface area contributed by atoms with E-state index in [0.717, 1.165) is 10.3 Å². The van der Waals surface area contributed by atoms with Gasteiger partial charge < -0.3 is 25.5 Å². The molecule has 1 aliphatic heterocycles. The molecule has 1 aromatic heterocycles. The van der Waals surface area contributed by atoms with E-state index in [2.05, 4.69) is 10.3 Å². The van der Waals surface area contributed by atoms with Crippen molar-refractivity contribution in [3.63, 3.8) is 0 Å². The molecule has 0 spiro atoms. The highest BCUT2D eigenvalue weighted by Crippen LogP contribution is 2.22. The van der Waals surface area contributed by atoms with E-state index in [0.29, 0.717) is 46.6 Å². The first kappa shape index (κ1) is 23.4. The minimum absolute atomic E-state index is 0.136. The average molecular weight is 484 g/mol. The van der Waals surface area contributed by atoms with Crippen LogP contribution in [-0.4, -0.2) is 40.8 Å². The first-order valence-corrected chi connectivity index (χ1v) is 11.2. The summed E-state index contributed by atoms with van der Waals surface area (Å²) in [5.41, 5.74) is 7.99. The molecule has 2 aromatic carbocycles. The Kier molecular flexibility index (Phi) is 6.93. The lowest BCUT2D eigenvalue weighted by atomic mass is 10.1. The van der Waals surface area contributed by atoms with Crippen LogP contribution in [0, 0.1) is 0 Å². The summed E-state index contributed by atoms with van der Waals surface area (Å²) in [6.07, 6.45) is 0.451. The van der Waals surface area contributed by atoms with Gasteiger partial charge in [-0.15, -0.1) is 4.73 Å². The number of benzene rings is 2. The molecule has 3 N–H and O–H groups in total. The number of nitrogens with one attached hydrogen (secondary N) is 1. The highest BCUT2D eigenvalue weighted by atomic mass is 35.5. The SMILES string of the molecule is COn1c(N[C@@H](C)c2ccc(Cl)cc2)nc2c(c1=O)CN(C(=O)COc1ccc(N)cc1)CC2. The van der Waals surface area contributed by atoms with Crippen LogP contribution in [0.2, 0.25) is 5.02 Å². The first-order chi connectivity index (χ1) is 16.4. The van der Waals surface area contributed by atoms with E-state index < -0.39 is 0 Å². The summed E-state index contributed by atoms with van der Waals surface area (Å²) in [7, 11) is 1.40. The highest BCUT2D eigenvalue weighted by Gasteiger charge is 2.27. The first-order valence-electron chi connectivity index (χ1n) is 10.8. The number of carbonyl (C=O) groups is 1. The predicted molar refractivity (Wildman–Crippen MR) is 130 cm³/mol. The second kappa shape index (κ2) is 10.0. The van der Waals surface area contributed by atoms with E-state index in [4.69, 9.17) is 26.9 Å². The molecule has 1 atom stereocenters. The summed E-state index contributed by atoms with van der Waals surface area (Å²) >= 11 is 5.98. The van der Waals surface area contributed by atoms with E-state index in [9.17, 15) is 9.59 Å². The zero-order chi connectivity index (χ0) is 24.2. The Morgan fingerprint density at radius 3 is 2.59 bits per heavy atom. The Labute approximate surface area is 202 Å². The maximum atomic E-state index is 13.2. The number of halogens is 1. The molecule has 10 heteroatoms. The molecule has 3 aromatic rings. The lowest BCUT2D eigenvalue weighted by Crippen LogP contribution is -2.44. The number of amides is 1. The summed E-state index contributed by atoms with van der Waals surface area (Å²) in [4.78, 5) is 37.4. The van der Waals surface area contributed by atoms with Crippen molar-refractivity contribution in [2.75, 3.05) is 31.3 Å². The number of nitrogen functional groups attached to an aromatic ring is 1. The summed E-state index contributed by atoms with van der Waals surface area (Å²) in [6.45, 7) is 2.40. The van der Waals surface area contributed by atoms with Crippen molar-refractivity contribution in [2.24, 2.45) is 0 Å². The molecule has 1 amide bonds. The number of hydrogen-bond donors (Lipinski definition) is 2. The van der Waals surface area contributed by atoms with Crippen LogP contribution in [0.5, 0.6) is 5.75 Å². The molecule has 0 aliphatic carbocycles. The van der Waals surface area contributed by atoms with Crippen molar-refractivity contribution in [1.29, 1.82) is 0 Å². The highest BCUT2D eigenvalue weighted by molar-refractivity contribution is 6.30. The van der Waals surface area contributed by atoms with Gasteiger partial charge in [-0.3, -0.25) is 9.59 Å². The van der Waals surface area contributed by atoms with Crippen LogP contribution in [0.15, 0.2) is 53.3 Å². The van der Waals surface area contributed by atoms with E-state index in [1.165, 1.54) is 7.11 Å². The van der Waals surface area contributed by atoms with E-state index in [-0.39, 0.29) is 30.7 Å². The van der Waals surface area contributed by atoms with Crippen molar-refractivity contribution in [2.45, 2.75) is 25.9 Å². The quantitative estimate of drug-likeness (QED) is 0.497. The normalized spacial score (nSPS) is 13.7. The van der Waals surface area contributed by atoms with Crippen LogP contribution in [-0.2, 0) is 17.8 Å². The Hall–Kier alpha value is -3.72. The third-order valence-electron chi connectivity index (χ3n) is 5.68. The van der Waals surface area contributed by atoms with Crippen molar-refractivity contribution < 1.29 is 14.4 Å². The van der Waals surface area contributed by atoms with Crippen molar-refractivity contribution in [3.8, 4) is 5.75 Å². The second-order valence-corrected chi connectivity index (χ2v) is 8.42. The number of rotatable bonds is 7. The number of nitrogens with two attached hydrogens (primary N) is 1. The standard InChI is InChI=1S/C24H26ClN5O4/c1-15(16-3-5-17(25)6-4-16)27-24-28-21-11-12-29(13-20(21)23(32)30(24)33-2)22(31)14-34-19-9-7-18(26)8-10-19/h3-10,15H,11-14,26H2,1-2H3,(H,27,28)/t15-/m0/s1. The molecule has 0 saturated carbocycles. The van der Waals surface area contributed by atoms with Crippen LogP contribution in [0.1, 0.15) is 29.8 Å². The van der Waals surface area contributed by atoms with Gasteiger partial charge in [0.15, 0.2) is 6.61 Å². The van der Waals surface area contributed by atoms with Gasteiger partial charge in [0.25, 0.3) is 11.5 Å². The van der Waals surface area contributed by atoms with Gasteiger partial charge >= 0.3 is 0 Å². The van der Waals surface area contributed by atoms with Crippen LogP contribution < -0.4 is 26.2 Å². The van der Waals surface area contributed by atoms with Crippen molar-refractivity contribution >= 4 is 29.1 Å². The van der Waals surface area contributed by atoms with Crippen molar-refractivity contribution in [1.82, 2.24) is 14.6 Å². The number of nitrogens with zero attached hydrogens (tertiary/aromatic N) is 3. The molecule has 0 radical (unpaired) electrons. The number of aromatic nitrogens is 2. The van der Waals surface area contributed by atoms with Gasteiger partial charge in [0.1, 0.15) is 12.9 Å². The maximum Gasteiger partial charge on any atom is 0.293 e. The molecule has 1 aliphatic rings. The fraction of sp³-hybridized carbons (Fsp3) is 0.292. The van der Waals surface area contributed by atoms with E-state index in [1.54, 1.807) is 41.3 Å². The fourth-order valence-electron chi connectivity index (χ4n) is 3.76. The van der Waals surface area contributed by atoms with Gasteiger partial charge in [-0.25, -0.2) is 4.98 Å². The lowest BCUT2D eigenvalue weighted by molar-refractivity contribution is -0.134. The van der Waals surface area contributed by atoms with Gasteiger partial charge in [-0.2, -0.15) is 0 Å². The second-order valence-electron chi connectivity index (χ2n) is 7.98. The molecule has 9 nitrogen and oxygen atoms in total. The van der Waals surface area contributed by atoms with Crippen LogP contribution in [0.4, 0.5) is 11.6 Å². The van der Waals surface area contributed by atoms with Gasteiger partial charge in [0.2, 0.25) is 5.95 Å². The Morgan fingerprint density at radius 2 is 1.91 bits per heavy atom. The van der Waals surface area contributed by atoms with E-state index >= 15 is 0 Å². The molecular formula is C24H26ClN5O4. The Morgan fingerprint density at radius 1 is 1.21 bits per heavy atom. The summed E-state index contributed by atoms with van der Waals surface area (Å²) in [6, 6.07) is 14.1. The summed E-state index contributed by atoms with van der Waals surface area (Å²) in [5.74, 6) is 0.637. The molecule has 0 fully saturated rings. The Bertz CT molecular complexity index is 1230. The third kappa shape index (κ3) is 5.09. The predicted octanol–water partition coefficient (Wildman–Crippen LogP) is 2.67. The Balaban J connectivity index is 1.48. The number of carbonyl (C=O) groups excluding carboxylic acids is 1. The molecule has 2 heterocycles. The van der Waals surface area contributed by atoms with Crippen LogP contribution in [0.25, 0.3) is 0 Å². The molecule has 0 bridgehead atoms. The summed E-state index contributed by atoms with van der Waals surface area (Å²) < 4.78 is 6.68. The van der Waals surface area contributed by atoms with Crippen LogP contribution >= 0.6 is 11.6 Å². The summed E-state index contributed by atoms with van der Waals surface area (Å²) in [5, 5.41) is 3.89. The average Bonchev–Trinajstić information content (AvgIpc) is 2.84. The molecule has 0 unspecified atom stereocenters. The molecule has 34 heavy (non-hydrogen) atoms. The molecule has 178 valence electrons. The smallest absolute Gasteiger partial charge is 0.293 e. The fourth-order valence-corrected chi connectivity index (χ4v) is 3.89. The van der Waals surface area contributed by atoms with Gasteiger partial charge in [0, 0.05) is 23.7 Å². The minimum atomic E-state index is -0.352. The van der Waals surface area contributed by atoms with Gasteiger partial charge in [-0.05, 0) is 48.9 Å².